The second-order valence-electron chi connectivity index (χ2n) is 6.34. The Morgan fingerprint density at radius 3 is 1.85 bits per heavy atom. The molecule has 0 aromatic carbocycles. The molecule has 4 heteroatoms. The van der Waals surface area contributed by atoms with Crippen molar-refractivity contribution in [1.82, 2.24) is 0 Å². The van der Waals surface area contributed by atoms with Crippen molar-refractivity contribution in [3.05, 3.63) is 0 Å². The molecule has 0 spiro atoms. The second kappa shape index (κ2) is 8.52. The van der Waals surface area contributed by atoms with Gasteiger partial charge in [0.05, 0.1) is 0 Å². The van der Waals surface area contributed by atoms with E-state index >= 15 is 0 Å². The monoisotopic (exact) mass is 302 g/mol. The average Bonchev–Trinajstić information content (AvgIpc) is 2.39. The van der Waals surface area contributed by atoms with Gasteiger partial charge in [-0.3, -0.25) is 0 Å². The molecule has 1 saturated carbocycles. The molecule has 3 atom stereocenters. The maximum Gasteiger partial charge on any atom is 0.504 e. The van der Waals surface area contributed by atoms with E-state index < -0.39 is 8.80 Å². The van der Waals surface area contributed by atoms with Crippen LogP contribution in [0.25, 0.3) is 0 Å². The normalized spacial score (nSPS) is 28.1. The van der Waals surface area contributed by atoms with E-state index in [9.17, 15) is 0 Å². The third-order valence-corrected chi connectivity index (χ3v) is 8.16. The Hall–Kier alpha value is 0.0969. The van der Waals surface area contributed by atoms with E-state index in [0.29, 0.717) is 37.2 Å². The summed E-state index contributed by atoms with van der Waals surface area (Å²) < 4.78 is 18.5. The van der Waals surface area contributed by atoms with E-state index in [2.05, 4.69) is 41.5 Å². The molecule has 0 aromatic rings. The summed E-state index contributed by atoms with van der Waals surface area (Å²) in [6, 6.07) is 0. The van der Waals surface area contributed by atoms with Gasteiger partial charge in [0.25, 0.3) is 0 Å². The van der Waals surface area contributed by atoms with Crippen molar-refractivity contribution in [2.24, 2.45) is 17.8 Å². The van der Waals surface area contributed by atoms with E-state index in [0.717, 1.165) is 5.92 Å². The zero-order valence-electron chi connectivity index (χ0n) is 14.3. The molecule has 0 heterocycles. The molecule has 0 aromatic heterocycles. The van der Waals surface area contributed by atoms with Crippen LogP contribution in [0.5, 0.6) is 0 Å². The summed E-state index contributed by atoms with van der Waals surface area (Å²) in [5.74, 6) is 2.09. The van der Waals surface area contributed by atoms with Crippen molar-refractivity contribution in [2.75, 3.05) is 19.8 Å². The molecule has 120 valence electrons. The third-order valence-electron chi connectivity index (χ3n) is 4.51. The highest BCUT2D eigenvalue weighted by atomic mass is 28.4. The Balaban J connectivity index is 3.04. The molecule has 0 radical (unpaired) electrons. The molecule has 0 aliphatic heterocycles. The van der Waals surface area contributed by atoms with E-state index in [1.807, 2.05) is 0 Å². The highest BCUT2D eigenvalue weighted by Gasteiger charge is 2.54. The minimum atomic E-state index is -2.56. The van der Waals surface area contributed by atoms with Gasteiger partial charge in [0, 0.05) is 25.4 Å². The van der Waals surface area contributed by atoms with Gasteiger partial charge >= 0.3 is 8.80 Å². The van der Waals surface area contributed by atoms with Crippen molar-refractivity contribution in [2.45, 2.75) is 66.3 Å². The van der Waals surface area contributed by atoms with Crippen molar-refractivity contribution in [3.63, 3.8) is 0 Å². The number of hydrogen-bond donors (Lipinski definition) is 0. The molecule has 0 amide bonds. The maximum absolute atomic E-state index is 6.17. The fourth-order valence-corrected chi connectivity index (χ4v) is 7.52. The lowest BCUT2D eigenvalue weighted by atomic mass is 9.77. The zero-order valence-corrected chi connectivity index (χ0v) is 15.3. The van der Waals surface area contributed by atoms with Crippen molar-refractivity contribution in [1.29, 1.82) is 0 Å². The second-order valence-corrected chi connectivity index (χ2v) is 9.15. The smallest absolute Gasteiger partial charge is 0.374 e. The van der Waals surface area contributed by atoms with Gasteiger partial charge in [-0.2, -0.15) is 0 Å². The van der Waals surface area contributed by atoms with E-state index in [-0.39, 0.29) is 0 Å². The van der Waals surface area contributed by atoms with E-state index in [1.165, 1.54) is 19.3 Å². The lowest BCUT2D eigenvalue weighted by Gasteiger charge is -2.44. The quantitative estimate of drug-likeness (QED) is 0.618. The Kier molecular flexibility index (Phi) is 7.73. The lowest BCUT2D eigenvalue weighted by Crippen LogP contribution is -2.54. The molecule has 1 aliphatic carbocycles. The standard InChI is InChI=1S/C16H34O3Si/c1-7-17-20(18-8-2,19-9-3)16-12-14(6)10-11-15(16)13(4)5/h13-16H,7-12H2,1-6H3/t14-,15+,16?/m1/s1. The van der Waals surface area contributed by atoms with Crippen LogP contribution in [0.15, 0.2) is 0 Å². The average molecular weight is 303 g/mol. The topological polar surface area (TPSA) is 27.7 Å². The number of hydrogen-bond acceptors (Lipinski definition) is 3. The molecule has 3 nitrogen and oxygen atoms in total. The molecule has 20 heavy (non-hydrogen) atoms. The largest absolute Gasteiger partial charge is 0.504 e. The fraction of sp³-hybridized carbons (Fsp3) is 1.00. The summed E-state index contributed by atoms with van der Waals surface area (Å²) in [5.41, 5.74) is 0.464. The van der Waals surface area contributed by atoms with Gasteiger partial charge in [-0.25, -0.2) is 0 Å². The van der Waals surface area contributed by atoms with Crippen LogP contribution in [-0.4, -0.2) is 28.6 Å². The van der Waals surface area contributed by atoms with Crippen LogP contribution in [0.1, 0.15) is 60.8 Å². The summed E-state index contributed by atoms with van der Waals surface area (Å²) in [4.78, 5) is 0. The number of rotatable bonds is 8. The summed E-state index contributed by atoms with van der Waals surface area (Å²) in [6.07, 6.45) is 3.80. The van der Waals surface area contributed by atoms with Gasteiger partial charge in [-0.15, -0.1) is 0 Å². The van der Waals surface area contributed by atoms with Crippen LogP contribution in [0.4, 0.5) is 0 Å². The predicted octanol–water partition coefficient (Wildman–Crippen LogP) is 4.50. The SMILES string of the molecule is CCO[Si](OCC)(OCC)C1C[C@H](C)CC[C@H]1C(C)C. The van der Waals surface area contributed by atoms with Gasteiger partial charge in [0.1, 0.15) is 0 Å². The van der Waals surface area contributed by atoms with Crippen LogP contribution in [0.2, 0.25) is 5.54 Å². The van der Waals surface area contributed by atoms with Crippen molar-refractivity contribution >= 4 is 8.80 Å². The highest BCUT2D eigenvalue weighted by Crippen LogP contribution is 2.48. The van der Waals surface area contributed by atoms with Crippen LogP contribution < -0.4 is 0 Å². The lowest BCUT2D eigenvalue weighted by molar-refractivity contribution is 0.0377. The third kappa shape index (κ3) is 4.29. The molecule has 1 aliphatic rings. The summed E-state index contributed by atoms with van der Waals surface area (Å²) >= 11 is 0. The van der Waals surface area contributed by atoms with Crippen LogP contribution in [0, 0.1) is 17.8 Å². The first-order valence-electron chi connectivity index (χ1n) is 8.42. The van der Waals surface area contributed by atoms with Gasteiger partial charge in [0.15, 0.2) is 0 Å². The van der Waals surface area contributed by atoms with Crippen molar-refractivity contribution in [3.8, 4) is 0 Å². The van der Waals surface area contributed by atoms with Crippen molar-refractivity contribution < 1.29 is 13.3 Å². The van der Waals surface area contributed by atoms with Gasteiger partial charge < -0.3 is 13.3 Å². The predicted molar refractivity (Wildman–Crippen MR) is 85.7 cm³/mol. The molecular formula is C16H34O3Si. The molecular weight excluding hydrogens is 268 g/mol. The maximum atomic E-state index is 6.17. The van der Waals surface area contributed by atoms with Crippen LogP contribution in [0.3, 0.4) is 0 Å². The Bertz CT molecular complexity index is 253. The summed E-state index contributed by atoms with van der Waals surface area (Å²) in [6.45, 7) is 15.2. The first-order valence-corrected chi connectivity index (χ1v) is 10.2. The molecule has 0 bridgehead atoms. The van der Waals surface area contributed by atoms with Gasteiger partial charge in [-0.1, -0.05) is 27.2 Å². The van der Waals surface area contributed by atoms with Gasteiger partial charge in [0.2, 0.25) is 0 Å². The molecule has 0 saturated heterocycles. The molecule has 0 N–H and O–H groups in total. The first kappa shape index (κ1) is 18.1. The van der Waals surface area contributed by atoms with Gasteiger partial charge in [-0.05, 0) is 51.4 Å². The Morgan fingerprint density at radius 1 is 0.950 bits per heavy atom. The van der Waals surface area contributed by atoms with E-state index in [1.54, 1.807) is 0 Å². The van der Waals surface area contributed by atoms with Crippen LogP contribution in [-0.2, 0) is 13.3 Å². The highest BCUT2D eigenvalue weighted by molar-refractivity contribution is 6.62. The minimum Gasteiger partial charge on any atom is -0.374 e. The molecule has 1 rings (SSSR count). The Morgan fingerprint density at radius 2 is 1.45 bits per heavy atom. The first-order chi connectivity index (χ1) is 9.50. The molecule has 1 unspecified atom stereocenters. The van der Waals surface area contributed by atoms with Crippen LogP contribution >= 0.6 is 0 Å². The summed E-state index contributed by atoms with van der Waals surface area (Å²) in [7, 11) is -2.56. The molecule has 1 fully saturated rings. The van der Waals surface area contributed by atoms with E-state index in [4.69, 9.17) is 13.3 Å². The Labute approximate surface area is 126 Å². The zero-order chi connectivity index (χ0) is 15.2. The fourth-order valence-electron chi connectivity index (χ4n) is 3.66. The minimum absolute atomic E-state index is 0.464. The summed E-state index contributed by atoms with van der Waals surface area (Å²) in [5, 5.41) is 0.